The number of aliphatic hydroxyl groups excluding tert-OH is 1. The summed E-state index contributed by atoms with van der Waals surface area (Å²) >= 11 is 0. The molecule has 5 heteroatoms. The predicted octanol–water partition coefficient (Wildman–Crippen LogP) is 0.903. The van der Waals surface area contributed by atoms with Crippen LogP contribution in [-0.4, -0.2) is 54.1 Å². The summed E-state index contributed by atoms with van der Waals surface area (Å²) in [7, 11) is 0. The molecule has 108 valence electrons. The van der Waals surface area contributed by atoms with E-state index in [4.69, 9.17) is 9.47 Å². The Morgan fingerprint density at radius 3 is 2.21 bits per heavy atom. The van der Waals surface area contributed by atoms with Gasteiger partial charge in [-0.3, -0.25) is 4.79 Å². The maximum absolute atomic E-state index is 12.4. The van der Waals surface area contributed by atoms with E-state index in [9.17, 15) is 9.90 Å². The number of aliphatic hydroxyl groups is 1. The van der Waals surface area contributed by atoms with Crippen molar-refractivity contribution in [2.75, 3.05) is 26.3 Å². The van der Waals surface area contributed by atoms with Gasteiger partial charge in [0.1, 0.15) is 0 Å². The van der Waals surface area contributed by atoms with Gasteiger partial charge in [-0.2, -0.15) is 0 Å². The number of nitrogens with zero attached hydrogens (tertiary/aromatic N) is 1. The number of amides is 1. The second-order valence-corrected chi connectivity index (χ2v) is 5.94. The normalized spacial score (nSPS) is 34.7. The molecule has 0 unspecified atom stereocenters. The van der Waals surface area contributed by atoms with Gasteiger partial charge >= 0.3 is 0 Å². The fourth-order valence-electron chi connectivity index (χ4n) is 3.43. The Morgan fingerprint density at radius 2 is 1.63 bits per heavy atom. The molecule has 1 N–H and O–H groups in total. The molecule has 3 rings (SSSR count). The first-order valence-electron chi connectivity index (χ1n) is 7.43. The third-order valence-corrected chi connectivity index (χ3v) is 4.70. The molecule has 0 aromatic carbocycles. The van der Waals surface area contributed by atoms with Crippen molar-refractivity contribution in [2.24, 2.45) is 5.92 Å². The highest BCUT2D eigenvalue weighted by molar-refractivity contribution is 5.79. The molecule has 1 saturated carbocycles. The summed E-state index contributed by atoms with van der Waals surface area (Å²) in [5.74, 6) is -0.0258. The quantitative estimate of drug-likeness (QED) is 0.768. The molecule has 5 nitrogen and oxygen atoms in total. The molecular weight excluding hydrogens is 246 g/mol. The molecular formula is C14H23NO4. The molecule has 2 aliphatic heterocycles. The first-order chi connectivity index (χ1) is 9.19. The van der Waals surface area contributed by atoms with Crippen molar-refractivity contribution >= 4 is 5.91 Å². The Morgan fingerprint density at radius 1 is 1.05 bits per heavy atom. The van der Waals surface area contributed by atoms with Gasteiger partial charge in [0.05, 0.1) is 19.3 Å². The average molecular weight is 269 g/mol. The Labute approximate surface area is 113 Å². The van der Waals surface area contributed by atoms with Crippen LogP contribution < -0.4 is 0 Å². The minimum absolute atomic E-state index is 0.114. The second-order valence-electron chi connectivity index (χ2n) is 5.94. The zero-order chi connectivity index (χ0) is 13.3. The van der Waals surface area contributed by atoms with Crippen molar-refractivity contribution in [3.05, 3.63) is 0 Å². The largest absolute Gasteiger partial charge is 0.393 e. The van der Waals surface area contributed by atoms with Crippen molar-refractivity contribution in [3.63, 3.8) is 0 Å². The smallest absolute Gasteiger partial charge is 0.225 e. The van der Waals surface area contributed by atoms with Gasteiger partial charge in [-0.05, 0) is 25.7 Å². The van der Waals surface area contributed by atoms with E-state index in [-0.39, 0.29) is 17.9 Å². The Kier molecular flexibility index (Phi) is 3.78. The Balaban J connectivity index is 1.52. The molecule has 0 atom stereocenters. The van der Waals surface area contributed by atoms with E-state index in [1.807, 2.05) is 4.90 Å². The average Bonchev–Trinajstić information content (AvgIpc) is 2.88. The lowest BCUT2D eigenvalue weighted by Gasteiger charge is -2.39. The minimum Gasteiger partial charge on any atom is -0.393 e. The van der Waals surface area contributed by atoms with Crippen LogP contribution in [-0.2, 0) is 14.3 Å². The van der Waals surface area contributed by atoms with Gasteiger partial charge in [0.25, 0.3) is 0 Å². The summed E-state index contributed by atoms with van der Waals surface area (Å²) in [5.41, 5.74) is 0. The van der Waals surface area contributed by atoms with Crippen molar-refractivity contribution < 1.29 is 19.4 Å². The summed E-state index contributed by atoms with van der Waals surface area (Å²) in [6, 6.07) is 0. The van der Waals surface area contributed by atoms with Gasteiger partial charge in [0, 0.05) is 31.8 Å². The molecule has 1 amide bonds. The lowest BCUT2D eigenvalue weighted by molar-refractivity contribution is -0.188. The molecule has 19 heavy (non-hydrogen) atoms. The maximum atomic E-state index is 12.4. The van der Waals surface area contributed by atoms with Crippen LogP contribution in [0.4, 0.5) is 0 Å². The van der Waals surface area contributed by atoms with Crippen molar-refractivity contribution in [1.82, 2.24) is 4.90 Å². The number of likely N-dealkylation sites (tertiary alicyclic amines) is 1. The first-order valence-corrected chi connectivity index (χ1v) is 7.43. The third kappa shape index (κ3) is 2.78. The van der Waals surface area contributed by atoms with E-state index >= 15 is 0 Å². The maximum Gasteiger partial charge on any atom is 0.225 e. The van der Waals surface area contributed by atoms with Gasteiger partial charge in [0.2, 0.25) is 5.91 Å². The number of carbonyl (C=O) groups is 1. The standard InChI is InChI=1S/C14H23NO4/c16-12-3-1-11(2-4-12)13(17)15-7-5-14(6-8-15)18-9-10-19-14/h11-12,16H,1-10H2. The Bertz CT molecular complexity index is 322. The van der Waals surface area contributed by atoms with Crippen LogP contribution in [0.5, 0.6) is 0 Å². The van der Waals surface area contributed by atoms with Crippen LogP contribution in [0, 0.1) is 5.92 Å². The molecule has 0 aromatic heterocycles. The van der Waals surface area contributed by atoms with E-state index in [1.165, 1.54) is 0 Å². The van der Waals surface area contributed by atoms with Crippen molar-refractivity contribution in [2.45, 2.75) is 50.4 Å². The van der Waals surface area contributed by atoms with E-state index in [0.717, 1.165) is 51.6 Å². The minimum atomic E-state index is -0.403. The summed E-state index contributed by atoms with van der Waals surface area (Å²) in [5, 5.41) is 9.50. The van der Waals surface area contributed by atoms with Gasteiger partial charge in [-0.15, -0.1) is 0 Å². The van der Waals surface area contributed by atoms with Crippen molar-refractivity contribution in [1.29, 1.82) is 0 Å². The predicted molar refractivity (Wildman–Crippen MR) is 68.4 cm³/mol. The molecule has 1 spiro atoms. The summed E-state index contributed by atoms with van der Waals surface area (Å²) < 4.78 is 11.4. The number of piperidine rings is 1. The van der Waals surface area contributed by atoms with E-state index in [1.54, 1.807) is 0 Å². The zero-order valence-electron chi connectivity index (χ0n) is 11.3. The van der Waals surface area contributed by atoms with E-state index < -0.39 is 5.79 Å². The molecule has 0 aromatic rings. The third-order valence-electron chi connectivity index (χ3n) is 4.70. The van der Waals surface area contributed by atoms with Gasteiger partial charge in [0.15, 0.2) is 5.79 Å². The Hall–Kier alpha value is -0.650. The molecule has 3 aliphatic rings. The highest BCUT2D eigenvalue weighted by atomic mass is 16.7. The number of hydrogen-bond acceptors (Lipinski definition) is 4. The molecule has 0 radical (unpaired) electrons. The van der Waals surface area contributed by atoms with Crippen LogP contribution >= 0.6 is 0 Å². The van der Waals surface area contributed by atoms with Gasteiger partial charge in [-0.25, -0.2) is 0 Å². The van der Waals surface area contributed by atoms with Crippen LogP contribution in [0.25, 0.3) is 0 Å². The lowest BCUT2D eigenvalue weighted by atomic mass is 9.86. The fourth-order valence-corrected chi connectivity index (χ4v) is 3.43. The second kappa shape index (κ2) is 5.38. The van der Waals surface area contributed by atoms with E-state index in [0.29, 0.717) is 13.2 Å². The fraction of sp³-hybridized carbons (Fsp3) is 0.929. The number of rotatable bonds is 1. The monoisotopic (exact) mass is 269 g/mol. The molecule has 1 aliphatic carbocycles. The summed E-state index contributed by atoms with van der Waals surface area (Å²) in [6.45, 7) is 2.82. The molecule has 2 saturated heterocycles. The SMILES string of the molecule is O=C(C1CCC(O)CC1)N1CCC2(CC1)OCCO2. The van der Waals surface area contributed by atoms with E-state index in [2.05, 4.69) is 0 Å². The van der Waals surface area contributed by atoms with Crippen LogP contribution in [0.1, 0.15) is 38.5 Å². The first kappa shape index (κ1) is 13.3. The number of carbonyl (C=O) groups excluding carboxylic acids is 1. The summed E-state index contributed by atoms with van der Waals surface area (Å²) in [6.07, 6.45) is 4.56. The summed E-state index contributed by atoms with van der Waals surface area (Å²) in [4.78, 5) is 14.4. The lowest BCUT2D eigenvalue weighted by Crippen LogP contribution is -2.49. The van der Waals surface area contributed by atoms with Gasteiger partial charge in [-0.1, -0.05) is 0 Å². The number of hydrogen-bond donors (Lipinski definition) is 1. The highest BCUT2D eigenvalue weighted by Crippen LogP contribution is 2.33. The topological polar surface area (TPSA) is 59.0 Å². The highest BCUT2D eigenvalue weighted by Gasteiger charge is 2.41. The molecule has 3 fully saturated rings. The molecule has 2 heterocycles. The number of ether oxygens (including phenoxy) is 2. The van der Waals surface area contributed by atoms with Gasteiger partial charge < -0.3 is 19.5 Å². The molecule has 0 bridgehead atoms. The van der Waals surface area contributed by atoms with Crippen LogP contribution in [0.15, 0.2) is 0 Å². The zero-order valence-corrected chi connectivity index (χ0v) is 11.3. The van der Waals surface area contributed by atoms with Crippen LogP contribution in [0.3, 0.4) is 0 Å². The van der Waals surface area contributed by atoms with Crippen molar-refractivity contribution in [3.8, 4) is 0 Å². The van der Waals surface area contributed by atoms with Crippen LogP contribution in [0.2, 0.25) is 0 Å².